The summed E-state index contributed by atoms with van der Waals surface area (Å²) in [6.45, 7) is 0. The van der Waals surface area contributed by atoms with Crippen LogP contribution >= 0.6 is 0 Å². The molecule has 0 heterocycles. The molecule has 0 aliphatic carbocycles. The van der Waals surface area contributed by atoms with Gasteiger partial charge in [0, 0.05) is 0 Å². The van der Waals surface area contributed by atoms with Crippen LogP contribution in [-0.4, -0.2) is 21.0 Å². The molecule has 0 aliphatic heterocycles. The molecule has 66 valence electrons. The summed E-state index contributed by atoms with van der Waals surface area (Å²) in [4.78, 5) is -0.158. The van der Waals surface area contributed by atoms with Crippen LogP contribution in [0.5, 0.6) is 11.5 Å². The van der Waals surface area contributed by atoms with Gasteiger partial charge in [0.05, 0.1) is 12.0 Å². The number of methoxy groups -OCH3 is 1. The van der Waals surface area contributed by atoms with Gasteiger partial charge in [-0.3, -0.25) is 4.21 Å². The molecule has 4 nitrogen and oxygen atoms in total. The van der Waals surface area contributed by atoms with Crippen molar-refractivity contribution in [2.75, 3.05) is 7.11 Å². The summed E-state index contributed by atoms with van der Waals surface area (Å²) in [6.07, 6.45) is 0. The largest absolute Gasteiger partial charge is 1.00 e. The molecule has 0 bridgehead atoms. The number of phenols is 1. The van der Waals surface area contributed by atoms with E-state index in [0.29, 0.717) is 5.75 Å². The second-order valence-electron chi connectivity index (χ2n) is 2.07. The van der Waals surface area contributed by atoms with E-state index in [1.165, 1.54) is 25.3 Å². The molecule has 0 amide bonds. The molecular formula is C7H7NaO4S. The molecule has 13 heavy (non-hydrogen) atoms. The van der Waals surface area contributed by atoms with Gasteiger partial charge >= 0.3 is 29.6 Å². The van der Waals surface area contributed by atoms with Gasteiger partial charge in [0.15, 0.2) is 0 Å². The average molecular weight is 210 g/mol. The van der Waals surface area contributed by atoms with Crippen molar-refractivity contribution in [2.24, 2.45) is 0 Å². The van der Waals surface area contributed by atoms with Gasteiger partial charge in [-0.1, -0.05) is 0 Å². The van der Waals surface area contributed by atoms with Crippen LogP contribution in [0.1, 0.15) is 0 Å². The standard InChI is InChI=1S/C7H8O4S.Na/c1-11-5-2-3-6(8)7(4-5)12(9)10;/h2-4,8H,1H3,(H,9,10);/q;+1/p-1. The van der Waals surface area contributed by atoms with Gasteiger partial charge in [0.25, 0.3) is 0 Å². The minimum absolute atomic E-state index is 0. The second kappa shape index (κ2) is 5.62. The maximum atomic E-state index is 10.5. The van der Waals surface area contributed by atoms with Crippen LogP contribution in [0.25, 0.3) is 0 Å². The summed E-state index contributed by atoms with van der Waals surface area (Å²) in [6, 6.07) is 3.99. The summed E-state index contributed by atoms with van der Waals surface area (Å²) >= 11 is -2.43. The fourth-order valence-electron chi connectivity index (χ4n) is 0.755. The zero-order valence-corrected chi connectivity index (χ0v) is 10.1. The van der Waals surface area contributed by atoms with Crippen LogP contribution in [-0.2, 0) is 11.1 Å². The summed E-state index contributed by atoms with van der Waals surface area (Å²) in [5.41, 5.74) is 0. The van der Waals surface area contributed by atoms with Crippen LogP contribution in [0.3, 0.4) is 0 Å². The van der Waals surface area contributed by atoms with Gasteiger partial charge in [0.2, 0.25) is 0 Å². The summed E-state index contributed by atoms with van der Waals surface area (Å²) in [5, 5.41) is 9.05. The Balaban J connectivity index is 0.00000144. The van der Waals surface area contributed by atoms with E-state index >= 15 is 0 Å². The molecule has 0 aliphatic rings. The molecule has 1 rings (SSSR count). The summed E-state index contributed by atoms with van der Waals surface area (Å²) < 4.78 is 25.7. The van der Waals surface area contributed by atoms with Crippen molar-refractivity contribution < 1.29 is 48.2 Å². The van der Waals surface area contributed by atoms with Gasteiger partial charge in [-0.15, -0.1) is 0 Å². The Kier molecular flexibility index (Phi) is 5.59. The molecule has 0 saturated carbocycles. The van der Waals surface area contributed by atoms with Gasteiger partial charge in [0.1, 0.15) is 11.5 Å². The van der Waals surface area contributed by atoms with E-state index in [2.05, 4.69) is 0 Å². The minimum atomic E-state index is -2.43. The normalized spacial score (nSPS) is 11.5. The molecule has 1 aromatic carbocycles. The molecule has 0 saturated heterocycles. The fraction of sp³-hybridized carbons (Fsp3) is 0.143. The zero-order valence-electron chi connectivity index (χ0n) is 7.31. The van der Waals surface area contributed by atoms with Crippen LogP contribution in [0, 0.1) is 0 Å². The average Bonchev–Trinajstić information content (AvgIpc) is 2.05. The van der Waals surface area contributed by atoms with E-state index in [4.69, 9.17) is 9.84 Å². The van der Waals surface area contributed by atoms with E-state index in [1.807, 2.05) is 0 Å². The number of aromatic hydroxyl groups is 1. The van der Waals surface area contributed by atoms with E-state index in [9.17, 15) is 8.76 Å². The first-order valence-corrected chi connectivity index (χ1v) is 4.19. The fourth-order valence-corrected chi connectivity index (χ4v) is 1.21. The number of rotatable bonds is 2. The molecule has 1 N–H and O–H groups in total. The monoisotopic (exact) mass is 210 g/mol. The molecule has 0 fully saturated rings. The zero-order chi connectivity index (χ0) is 9.14. The Bertz CT molecular complexity index is 315. The van der Waals surface area contributed by atoms with Crippen LogP contribution < -0.4 is 34.3 Å². The van der Waals surface area contributed by atoms with E-state index < -0.39 is 11.1 Å². The Morgan fingerprint density at radius 1 is 1.54 bits per heavy atom. The third-order valence-electron chi connectivity index (χ3n) is 1.35. The third-order valence-corrected chi connectivity index (χ3v) is 2.03. The van der Waals surface area contributed by atoms with Gasteiger partial charge in [-0.05, 0) is 29.3 Å². The summed E-state index contributed by atoms with van der Waals surface area (Å²) in [7, 11) is 1.42. The van der Waals surface area contributed by atoms with Crippen LogP contribution in [0.2, 0.25) is 0 Å². The van der Waals surface area contributed by atoms with E-state index in [1.54, 1.807) is 0 Å². The Labute approximate surface area is 100 Å². The van der Waals surface area contributed by atoms with Crippen molar-refractivity contribution in [1.82, 2.24) is 0 Å². The third kappa shape index (κ3) is 3.28. The first-order chi connectivity index (χ1) is 5.65. The number of phenolic OH excluding ortho intramolecular Hbond substituents is 1. The molecule has 0 spiro atoms. The predicted molar refractivity (Wildman–Crippen MR) is 41.8 cm³/mol. The van der Waals surface area contributed by atoms with Crippen molar-refractivity contribution in [1.29, 1.82) is 0 Å². The Morgan fingerprint density at radius 3 is 2.62 bits per heavy atom. The Morgan fingerprint density at radius 2 is 2.15 bits per heavy atom. The van der Waals surface area contributed by atoms with Crippen molar-refractivity contribution in [2.45, 2.75) is 4.90 Å². The number of benzene rings is 1. The quantitative estimate of drug-likeness (QED) is 0.438. The number of hydrogen-bond acceptors (Lipinski definition) is 4. The van der Waals surface area contributed by atoms with Crippen molar-refractivity contribution in [3.8, 4) is 11.5 Å². The van der Waals surface area contributed by atoms with Gasteiger partial charge in [-0.2, -0.15) is 0 Å². The number of ether oxygens (including phenoxy) is 1. The topological polar surface area (TPSA) is 69.6 Å². The predicted octanol–water partition coefficient (Wildman–Crippen LogP) is -2.36. The maximum absolute atomic E-state index is 10.5. The van der Waals surface area contributed by atoms with Crippen molar-refractivity contribution in [3.63, 3.8) is 0 Å². The smallest absolute Gasteiger partial charge is 0.768 e. The van der Waals surface area contributed by atoms with E-state index in [0.717, 1.165) is 0 Å². The van der Waals surface area contributed by atoms with Gasteiger partial charge < -0.3 is 14.4 Å². The van der Waals surface area contributed by atoms with E-state index in [-0.39, 0.29) is 40.2 Å². The molecule has 6 heteroatoms. The Hall–Kier alpha value is -0.0700. The first-order valence-electron chi connectivity index (χ1n) is 3.11. The molecule has 1 atom stereocenters. The first kappa shape index (κ1) is 12.9. The molecule has 0 aromatic heterocycles. The van der Waals surface area contributed by atoms with Crippen molar-refractivity contribution in [3.05, 3.63) is 18.2 Å². The minimum Gasteiger partial charge on any atom is -0.768 e. The summed E-state index contributed by atoms with van der Waals surface area (Å²) in [5.74, 6) is 0.121. The molecular weight excluding hydrogens is 203 g/mol. The van der Waals surface area contributed by atoms with Gasteiger partial charge in [-0.25, -0.2) is 0 Å². The molecule has 1 unspecified atom stereocenters. The SMILES string of the molecule is COc1ccc(O)c(S(=O)[O-])c1.[Na+]. The molecule has 1 aromatic rings. The second-order valence-corrected chi connectivity index (χ2v) is 2.98. The maximum Gasteiger partial charge on any atom is 1.00 e. The van der Waals surface area contributed by atoms with Crippen molar-refractivity contribution >= 4 is 11.1 Å². The van der Waals surface area contributed by atoms with Crippen LogP contribution in [0.4, 0.5) is 0 Å². The number of hydrogen-bond donors (Lipinski definition) is 1. The van der Waals surface area contributed by atoms with Crippen LogP contribution in [0.15, 0.2) is 23.1 Å². The molecule has 0 radical (unpaired) electrons.